The summed E-state index contributed by atoms with van der Waals surface area (Å²) in [4.78, 5) is 18.0. The largest absolute Gasteiger partial charge is 0.334 e. The minimum Gasteiger partial charge on any atom is -0.334 e. The molecule has 1 N–H and O–H groups in total. The summed E-state index contributed by atoms with van der Waals surface area (Å²) >= 11 is 13.6. The zero-order chi connectivity index (χ0) is 18.8. The van der Waals surface area contributed by atoms with Crippen LogP contribution in [0, 0.1) is 0 Å². The zero-order valence-corrected chi connectivity index (χ0v) is 16.0. The number of hydrogen-bond donors (Lipinski definition) is 1. The normalized spacial score (nSPS) is 10.7. The van der Waals surface area contributed by atoms with Crippen LogP contribution in [0.5, 0.6) is 0 Å². The van der Waals surface area contributed by atoms with Crippen LogP contribution in [0.4, 0.5) is 5.69 Å². The average Bonchev–Trinajstić information content (AvgIpc) is 3.35. The Kier molecular flexibility index (Phi) is 4.94. The maximum absolute atomic E-state index is 12.6. The molecule has 0 saturated carbocycles. The van der Waals surface area contributed by atoms with E-state index in [0.29, 0.717) is 33.0 Å². The fourth-order valence-electron chi connectivity index (χ4n) is 2.48. The highest BCUT2D eigenvalue weighted by Crippen LogP contribution is 2.30. The number of halogens is 2. The van der Waals surface area contributed by atoms with Crippen LogP contribution < -0.4 is 5.32 Å². The smallest absolute Gasteiger partial charge is 0.260 e. The molecular formula is C19H11Cl2N3O2S. The predicted molar refractivity (Wildman–Crippen MR) is 107 cm³/mol. The van der Waals surface area contributed by atoms with Crippen molar-refractivity contribution in [1.82, 2.24) is 10.1 Å². The Labute approximate surface area is 168 Å². The lowest BCUT2D eigenvalue weighted by molar-refractivity contribution is 0.102. The van der Waals surface area contributed by atoms with Gasteiger partial charge in [-0.15, -0.1) is 11.3 Å². The van der Waals surface area contributed by atoms with Crippen LogP contribution in [-0.2, 0) is 0 Å². The lowest BCUT2D eigenvalue weighted by Gasteiger charge is -2.09. The lowest BCUT2D eigenvalue weighted by Crippen LogP contribution is -2.13. The van der Waals surface area contributed by atoms with Gasteiger partial charge in [0.2, 0.25) is 5.82 Å². The highest BCUT2D eigenvalue weighted by atomic mass is 35.5. The van der Waals surface area contributed by atoms with Gasteiger partial charge in [-0.05, 0) is 41.8 Å². The monoisotopic (exact) mass is 415 g/mol. The Bertz CT molecular complexity index is 1110. The van der Waals surface area contributed by atoms with Gasteiger partial charge in [-0.25, -0.2) is 0 Å². The summed E-state index contributed by atoms with van der Waals surface area (Å²) in [5.74, 6) is 0.429. The summed E-state index contributed by atoms with van der Waals surface area (Å²) in [5.41, 5.74) is 1.42. The van der Waals surface area contributed by atoms with Crippen LogP contribution >= 0.6 is 34.5 Å². The molecule has 0 aliphatic heterocycles. The minimum absolute atomic E-state index is 0.281. The van der Waals surface area contributed by atoms with Gasteiger partial charge in [0.25, 0.3) is 11.8 Å². The van der Waals surface area contributed by atoms with E-state index >= 15 is 0 Å². The fourth-order valence-corrected chi connectivity index (χ4v) is 3.50. The van der Waals surface area contributed by atoms with Crippen molar-refractivity contribution in [3.8, 4) is 22.2 Å². The van der Waals surface area contributed by atoms with Crippen molar-refractivity contribution in [2.75, 3.05) is 5.32 Å². The number of thiophene rings is 1. The third kappa shape index (κ3) is 3.73. The van der Waals surface area contributed by atoms with Gasteiger partial charge >= 0.3 is 0 Å². The van der Waals surface area contributed by atoms with Crippen LogP contribution in [0.25, 0.3) is 22.2 Å². The molecule has 0 atom stereocenters. The van der Waals surface area contributed by atoms with Crippen molar-refractivity contribution < 1.29 is 9.32 Å². The minimum atomic E-state index is -0.382. The van der Waals surface area contributed by atoms with Gasteiger partial charge in [-0.2, -0.15) is 4.98 Å². The molecule has 0 fully saturated rings. The number of nitrogens with one attached hydrogen (secondary N) is 1. The summed E-state index contributed by atoms with van der Waals surface area (Å²) in [6.45, 7) is 0. The summed E-state index contributed by atoms with van der Waals surface area (Å²) in [5, 5.41) is 9.52. The highest BCUT2D eigenvalue weighted by molar-refractivity contribution is 7.13. The molecule has 4 aromatic rings. The van der Waals surface area contributed by atoms with E-state index in [1.165, 1.54) is 17.4 Å². The van der Waals surface area contributed by atoms with Gasteiger partial charge in [0.05, 0.1) is 26.7 Å². The molecule has 2 heterocycles. The number of para-hydroxylation sites is 1. The average molecular weight is 416 g/mol. The molecule has 134 valence electrons. The van der Waals surface area contributed by atoms with Crippen molar-refractivity contribution in [3.63, 3.8) is 0 Å². The van der Waals surface area contributed by atoms with Crippen LogP contribution in [-0.4, -0.2) is 16.0 Å². The van der Waals surface area contributed by atoms with Gasteiger partial charge in [-0.1, -0.05) is 46.6 Å². The fraction of sp³-hybridized carbons (Fsp3) is 0. The summed E-state index contributed by atoms with van der Waals surface area (Å²) in [6.07, 6.45) is 0. The van der Waals surface area contributed by atoms with Crippen molar-refractivity contribution in [1.29, 1.82) is 0 Å². The Morgan fingerprint density at radius 2 is 1.93 bits per heavy atom. The topological polar surface area (TPSA) is 68.0 Å². The molecule has 4 rings (SSSR count). The highest BCUT2D eigenvalue weighted by Gasteiger charge is 2.17. The van der Waals surface area contributed by atoms with Crippen molar-refractivity contribution in [2.45, 2.75) is 0 Å². The summed E-state index contributed by atoms with van der Waals surface area (Å²) < 4.78 is 5.39. The first-order valence-corrected chi connectivity index (χ1v) is 9.49. The number of nitrogens with zero attached hydrogens (tertiary/aromatic N) is 2. The van der Waals surface area contributed by atoms with E-state index in [2.05, 4.69) is 15.5 Å². The molecule has 8 heteroatoms. The first kappa shape index (κ1) is 17.7. The van der Waals surface area contributed by atoms with Crippen molar-refractivity contribution in [2.24, 2.45) is 0 Å². The molecule has 2 aromatic heterocycles. The Morgan fingerprint density at radius 3 is 2.74 bits per heavy atom. The van der Waals surface area contributed by atoms with Crippen molar-refractivity contribution >= 4 is 46.1 Å². The number of carbonyl (C=O) groups is 1. The molecule has 0 saturated heterocycles. The van der Waals surface area contributed by atoms with Gasteiger partial charge in [0, 0.05) is 5.02 Å². The van der Waals surface area contributed by atoms with Gasteiger partial charge in [0.1, 0.15) is 0 Å². The van der Waals surface area contributed by atoms with E-state index < -0.39 is 0 Å². The van der Waals surface area contributed by atoms with Crippen LogP contribution in [0.2, 0.25) is 10.0 Å². The second kappa shape index (κ2) is 7.52. The quantitative estimate of drug-likeness (QED) is 0.442. The van der Waals surface area contributed by atoms with Crippen LogP contribution in [0.3, 0.4) is 0 Å². The standard InChI is InChI=1S/C19H11Cl2N3O2S/c20-11-7-8-14(21)13(10-11)18(25)22-15-5-2-1-4-12(15)19-23-17(24-26-19)16-6-3-9-27-16/h1-10H,(H,22,25). The Hall–Kier alpha value is -2.67. The van der Waals surface area contributed by atoms with E-state index in [0.717, 1.165) is 4.88 Å². The second-order valence-electron chi connectivity index (χ2n) is 5.52. The number of aromatic nitrogens is 2. The number of carbonyl (C=O) groups excluding carboxylic acids is 1. The summed E-state index contributed by atoms with van der Waals surface area (Å²) in [7, 11) is 0. The molecule has 5 nitrogen and oxygen atoms in total. The molecule has 0 spiro atoms. The zero-order valence-electron chi connectivity index (χ0n) is 13.6. The third-order valence-corrected chi connectivity index (χ3v) is 5.18. The molecule has 2 aromatic carbocycles. The molecule has 0 unspecified atom stereocenters. The third-order valence-electron chi connectivity index (χ3n) is 3.75. The second-order valence-corrected chi connectivity index (χ2v) is 7.32. The molecule has 0 bridgehead atoms. The Balaban J connectivity index is 1.66. The molecular weight excluding hydrogens is 405 g/mol. The van der Waals surface area contributed by atoms with E-state index in [1.54, 1.807) is 30.3 Å². The molecule has 0 aliphatic carbocycles. The number of benzene rings is 2. The molecule has 1 amide bonds. The Morgan fingerprint density at radius 1 is 1.07 bits per heavy atom. The number of rotatable bonds is 4. The van der Waals surface area contributed by atoms with E-state index in [4.69, 9.17) is 27.7 Å². The van der Waals surface area contributed by atoms with Gasteiger partial charge in [0.15, 0.2) is 0 Å². The van der Waals surface area contributed by atoms with E-state index in [1.807, 2.05) is 23.6 Å². The van der Waals surface area contributed by atoms with E-state index in [-0.39, 0.29) is 11.5 Å². The maximum atomic E-state index is 12.6. The lowest BCUT2D eigenvalue weighted by atomic mass is 10.1. The van der Waals surface area contributed by atoms with Crippen molar-refractivity contribution in [3.05, 3.63) is 75.6 Å². The number of anilines is 1. The predicted octanol–water partition coefficient (Wildman–Crippen LogP) is 6.02. The first-order chi connectivity index (χ1) is 13.1. The molecule has 0 radical (unpaired) electrons. The molecule has 0 aliphatic rings. The number of hydrogen-bond acceptors (Lipinski definition) is 5. The van der Waals surface area contributed by atoms with Gasteiger partial charge in [-0.3, -0.25) is 4.79 Å². The molecule has 27 heavy (non-hydrogen) atoms. The first-order valence-electron chi connectivity index (χ1n) is 7.85. The summed E-state index contributed by atoms with van der Waals surface area (Å²) in [6, 6.07) is 15.7. The van der Waals surface area contributed by atoms with E-state index in [9.17, 15) is 4.79 Å². The maximum Gasteiger partial charge on any atom is 0.260 e. The number of amides is 1. The SMILES string of the molecule is O=C(Nc1ccccc1-c1nc(-c2cccs2)no1)c1cc(Cl)ccc1Cl. The van der Waals surface area contributed by atoms with Crippen LogP contribution in [0.1, 0.15) is 10.4 Å². The van der Waals surface area contributed by atoms with Crippen LogP contribution in [0.15, 0.2) is 64.5 Å². The van der Waals surface area contributed by atoms with Gasteiger partial charge < -0.3 is 9.84 Å².